The van der Waals surface area contributed by atoms with E-state index in [1.165, 1.54) is 18.9 Å². The fraction of sp³-hybridized carbons (Fsp3) is 0.333. The van der Waals surface area contributed by atoms with Crippen molar-refractivity contribution in [2.24, 2.45) is 0 Å². The second-order valence-corrected chi connectivity index (χ2v) is 5.69. The summed E-state index contributed by atoms with van der Waals surface area (Å²) in [5.41, 5.74) is 0.717. The van der Waals surface area contributed by atoms with Crippen molar-refractivity contribution >= 4 is 45.3 Å². The summed E-state index contributed by atoms with van der Waals surface area (Å²) < 4.78 is 5.41. The molecule has 1 N–H and O–H groups in total. The van der Waals surface area contributed by atoms with Crippen molar-refractivity contribution in [2.45, 2.75) is 12.2 Å². The Bertz CT molecular complexity index is 439. The first-order valence-electron chi connectivity index (χ1n) is 5.28. The molecule has 6 heteroatoms. The molecule has 18 heavy (non-hydrogen) atoms. The lowest BCUT2D eigenvalue weighted by molar-refractivity contribution is -0.139. The molecule has 1 aromatic rings. The lowest BCUT2D eigenvalue weighted by Gasteiger charge is -2.10. The molecule has 1 amide bonds. The summed E-state index contributed by atoms with van der Waals surface area (Å²) in [7, 11) is 1.33. The van der Waals surface area contributed by atoms with E-state index >= 15 is 0 Å². The van der Waals surface area contributed by atoms with Gasteiger partial charge in [-0.05, 0) is 35.0 Å². The number of hydrogen-bond donors (Lipinski definition) is 1. The summed E-state index contributed by atoms with van der Waals surface area (Å²) in [5, 5.41) is 2.42. The average Bonchev–Trinajstić information content (AvgIpc) is 2.37. The molecule has 0 saturated heterocycles. The first-order valence-corrected chi connectivity index (χ1v) is 7.12. The first kappa shape index (κ1) is 15.0. The lowest BCUT2D eigenvalue weighted by Crippen LogP contribution is -2.20. The molecule has 98 valence electrons. The molecule has 1 atom stereocenters. The van der Waals surface area contributed by atoms with E-state index in [9.17, 15) is 9.59 Å². The fourth-order valence-corrected chi connectivity index (χ4v) is 2.27. The van der Waals surface area contributed by atoms with Gasteiger partial charge in [0.2, 0.25) is 5.91 Å². The van der Waals surface area contributed by atoms with Crippen LogP contribution in [-0.4, -0.2) is 30.0 Å². The fourth-order valence-electron chi connectivity index (χ4n) is 1.18. The van der Waals surface area contributed by atoms with Crippen LogP contribution in [0.4, 0.5) is 5.69 Å². The van der Waals surface area contributed by atoms with Crippen molar-refractivity contribution < 1.29 is 14.3 Å². The molecular weight excluding hydrogens is 318 g/mol. The number of carbonyl (C=O) groups is 2. The van der Waals surface area contributed by atoms with Crippen LogP contribution >= 0.6 is 27.7 Å². The predicted octanol–water partition coefficient (Wildman–Crippen LogP) is 2.68. The molecule has 0 fully saturated rings. The van der Waals surface area contributed by atoms with E-state index in [-0.39, 0.29) is 22.9 Å². The maximum Gasteiger partial charge on any atom is 0.318 e. The van der Waals surface area contributed by atoms with Gasteiger partial charge in [-0.2, -0.15) is 0 Å². The van der Waals surface area contributed by atoms with Crippen molar-refractivity contribution in [1.29, 1.82) is 0 Å². The van der Waals surface area contributed by atoms with E-state index in [1.807, 2.05) is 18.2 Å². The van der Waals surface area contributed by atoms with Crippen LogP contribution in [0.1, 0.15) is 6.92 Å². The number of esters is 1. The Balaban J connectivity index is 2.43. The average molecular weight is 332 g/mol. The Morgan fingerprint density at radius 1 is 1.44 bits per heavy atom. The summed E-state index contributed by atoms with van der Waals surface area (Å²) in [6.45, 7) is 1.71. The highest BCUT2D eigenvalue weighted by Gasteiger charge is 2.15. The molecule has 1 aromatic carbocycles. The van der Waals surface area contributed by atoms with Gasteiger partial charge in [-0.1, -0.05) is 12.1 Å². The van der Waals surface area contributed by atoms with Crippen LogP contribution in [-0.2, 0) is 14.3 Å². The van der Waals surface area contributed by atoms with Crippen molar-refractivity contribution in [3.63, 3.8) is 0 Å². The van der Waals surface area contributed by atoms with E-state index < -0.39 is 0 Å². The highest BCUT2D eigenvalue weighted by atomic mass is 79.9. The van der Waals surface area contributed by atoms with Gasteiger partial charge in [0.25, 0.3) is 0 Å². The third kappa shape index (κ3) is 4.70. The Morgan fingerprint density at radius 3 is 2.72 bits per heavy atom. The smallest absolute Gasteiger partial charge is 0.318 e. The van der Waals surface area contributed by atoms with E-state index in [2.05, 4.69) is 26.0 Å². The number of nitrogens with one attached hydrogen (secondary N) is 1. The molecule has 1 rings (SSSR count). The minimum atomic E-state index is -0.347. The second-order valence-electron chi connectivity index (χ2n) is 3.50. The minimum absolute atomic E-state index is 0.150. The first-order chi connectivity index (χ1) is 8.54. The summed E-state index contributed by atoms with van der Waals surface area (Å²) in [4.78, 5) is 22.8. The normalized spacial score (nSPS) is 11.7. The molecule has 0 aliphatic carbocycles. The number of thioether (sulfide) groups is 1. The third-order valence-corrected chi connectivity index (χ3v) is 3.96. The number of hydrogen-bond acceptors (Lipinski definition) is 4. The number of carbonyl (C=O) groups excluding carboxylic acids is 2. The van der Waals surface area contributed by atoms with E-state index in [1.54, 1.807) is 13.0 Å². The Morgan fingerprint density at radius 2 is 2.11 bits per heavy atom. The predicted molar refractivity (Wildman–Crippen MR) is 76.7 cm³/mol. The molecule has 4 nitrogen and oxygen atoms in total. The molecule has 0 bridgehead atoms. The molecule has 0 radical (unpaired) electrons. The van der Waals surface area contributed by atoms with Gasteiger partial charge in [-0.3, -0.25) is 9.59 Å². The molecule has 0 heterocycles. The molecular formula is C12H14BrNO3S. The Labute approximate surface area is 119 Å². The number of anilines is 1. The lowest BCUT2D eigenvalue weighted by atomic mass is 10.3. The van der Waals surface area contributed by atoms with Gasteiger partial charge in [-0.15, -0.1) is 11.8 Å². The number of rotatable bonds is 5. The van der Waals surface area contributed by atoms with Gasteiger partial charge >= 0.3 is 5.97 Å². The van der Waals surface area contributed by atoms with Gasteiger partial charge in [0, 0.05) is 4.47 Å². The van der Waals surface area contributed by atoms with Crippen molar-refractivity contribution in [1.82, 2.24) is 0 Å². The van der Waals surface area contributed by atoms with Crippen LogP contribution < -0.4 is 5.32 Å². The third-order valence-electron chi connectivity index (χ3n) is 2.15. The Kier molecular flexibility index (Phi) is 6.21. The summed E-state index contributed by atoms with van der Waals surface area (Å²) in [5.74, 6) is -0.270. The van der Waals surface area contributed by atoms with Crippen molar-refractivity contribution in [3.8, 4) is 0 Å². The van der Waals surface area contributed by atoms with Gasteiger partial charge in [-0.25, -0.2) is 0 Å². The quantitative estimate of drug-likeness (QED) is 0.843. The van der Waals surface area contributed by atoms with Gasteiger partial charge in [0.05, 0.1) is 18.6 Å². The zero-order valence-corrected chi connectivity index (χ0v) is 12.5. The van der Waals surface area contributed by atoms with Gasteiger partial charge < -0.3 is 10.1 Å². The van der Waals surface area contributed by atoms with Crippen LogP contribution in [0.3, 0.4) is 0 Å². The van der Waals surface area contributed by atoms with Crippen LogP contribution in [0.5, 0.6) is 0 Å². The van der Waals surface area contributed by atoms with Gasteiger partial charge in [0.15, 0.2) is 0 Å². The number of amides is 1. The number of benzene rings is 1. The largest absolute Gasteiger partial charge is 0.468 e. The molecule has 1 unspecified atom stereocenters. The van der Waals surface area contributed by atoms with E-state index in [0.29, 0.717) is 5.69 Å². The minimum Gasteiger partial charge on any atom is -0.468 e. The van der Waals surface area contributed by atoms with Crippen LogP contribution in [0.25, 0.3) is 0 Å². The zero-order valence-electron chi connectivity index (χ0n) is 10.1. The monoisotopic (exact) mass is 331 g/mol. The molecule has 0 saturated carbocycles. The molecule has 0 spiro atoms. The van der Waals surface area contributed by atoms with Gasteiger partial charge in [0.1, 0.15) is 5.25 Å². The maximum absolute atomic E-state index is 11.7. The number of para-hydroxylation sites is 1. The van der Waals surface area contributed by atoms with Crippen LogP contribution in [0.15, 0.2) is 28.7 Å². The number of ether oxygens (including phenoxy) is 1. The van der Waals surface area contributed by atoms with Crippen LogP contribution in [0, 0.1) is 0 Å². The summed E-state index contributed by atoms with van der Waals surface area (Å²) >= 11 is 4.58. The highest BCUT2D eigenvalue weighted by molar-refractivity contribution is 9.10. The topological polar surface area (TPSA) is 55.4 Å². The molecule has 0 aliphatic heterocycles. The van der Waals surface area contributed by atoms with Crippen molar-refractivity contribution in [3.05, 3.63) is 28.7 Å². The number of methoxy groups -OCH3 is 1. The van der Waals surface area contributed by atoms with E-state index in [0.717, 1.165) is 4.47 Å². The number of halogens is 1. The SMILES string of the molecule is COC(=O)C(C)SCC(=O)Nc1ccccc1Br. The second kappa shape index (κ2) is 7.43. The van der Waals surface area contributed by atoms with Crippen molar-refractivity contribution in [2.75, 3.05) is 18.2 Å². The summed E-state index contributed by atoms with van der Waals surface area (Å²) in [6, 6.07) is 7.36. The van der Waals surface area contributed by atoms with E-state index in [4.69, 9.17) is 0 Å². The maximum atomic E-state index is 11.7. The molecule has 0 aliphatic rings. The standard InChI is InChI=1S/C12H14BrNO3S/c1-8(12(16)17-2)18-7-11(15)14-10-6-4-3-5-9(10)13/h3-6,8H,7H2,1-2H3,(H,14,15). The summed E-state index contributed by atoms with van der Waals surface area (Å²) in [6.07, 6.45) is 0. The Hall–Kier alpha value is -1.01. The highest BCUT2D eigenvalue weighted by Crippen LogP contribution is 2.21. The van der Waals surface area contributed by atoms with Crippen LogP contribution in [0.2, 0.25) is 0 Å². The zero-order chi connectivity index (χ0) is 13.5. The molecule has 0 aromatic heterocycles.